The predicted molar refractivity (Wildman–Crippen MR) is 107 cm³/mol. The molecule has 150 valence electrons. The van der Waals surface area contributed by atoms with Crippen LogP contribution in [0.15, 0.2) is 42.5 Å². The van der Waals surface area contributed by atoms with Crippen LogP contribution >= 0.6 is 11.5 Å². The summed E-state index contributed by atoms with van der Waals surface area (Å²) >= 11 is 1.12. The third kappa shape index (κ3) is 4.54. The monoisotopic (exact) mass is 413 g/mol. The predicted octanol–water partition coefficient (Wildman–Crippen LogP) is 4.30. The molecular formula is C21H20FN3O3S. The van der Waals surface area contributed by atoms with Gasteiger partial charge in [-0.05, 0) is 48.7 Å². The molecule has 2 aromatic carbocycles. The summed E-state index contributed by atoms with van der Waals surface area (Å²) in [4.78, 5) is 18.9. The summed E-state index contributed by atoms with van der Waals surface area (Å²) in [7, 11) is 1.55. The zero-order valence-corrected chi connectivity index (χ0v) is 16.7. The fourth-order valence-electron chi connectivity index (χ4n) is 3.22. The molecule has 1 saturated heterocycles. The summed E-state index contributed by atoms with van der Waals surface area (Å²) in [6.07, 6.45) is 2.55. The van der Waals surface area contributed by atoms with Crippen LogP contribution in [-0.2, 0) is 6.42 Å². The van der Waals surface area contributed by atoms with Crippen molar-refractivity contribution in [1.82, 2.24) is 14.3 Å². The van der Waals surface area contributed by atoms with E-state index in [9.17, 15) is 9.18 Å². The lowest BCUT2D eigenvalue weighted by Gasteiger charge is -2.16. The summed E-state index contributed by atoms with van der Waals surface area (Å²) in [5.41, 5.74) is 1.46. The fraction of sp³-hybridized carbons (Fsp3) is 0.286. The van der Waals surface area contributed by atoms with E-state index < -0.39 is 0 Å². The second-order valence-corrected chi connectivity index (χ2v) is 7.46. The first kappa shape index (κ1) is 19.3. The first-order valence-corrected chi connectivity index (χ1v) is 10.1. The van der Waals surface area contributed by atoms with Crippen LogP contribution in [0, 0.1) is 5.82 Å². The molecule has 29 heavy (non-hydrogen) atoms. The lowest BCUT2D eigenvalue weighted by Crippen LogP contribution is -2.27. The standard InChI is InChI=1S/C21H20FN3O3S/c1-27-17-9-6-15(20(26)25-10-2-3-11-25)13-18(17)28-21-23-19(24-29-21)12-14-4-7-16(22)8-5-14/h4-9,13H,2-3,10-12H2,1H3. The average molecular weight is 413 g/mol. The van der Waals surface area contributed by atoms with Crippen LogP contribution in [0.1, 0.15) is 34.6 Å². The number of rotatable bonds is 6. The van der Waals surface area contributed by atoms with Crippen molar-refractivity contribution in [1.29, 1.82) is 0 Å². The first-order valence-electron chi connectivity index (χ1n) is 9.34. The lowest BCUT2D eigenvalue weighted by molar-refractivity contribution is 0.0792. The van der Waals surface area contributed by atoms with E-state index in [1.165, 1.54) is 12.1 Å². The molecule has 8 heteroatoms. The number of halogens is 1. The number of likely N-dealkylation sites (tertiary alicyclic amines) is 1. The molecule has 6 nitrogen and oxygen atoms in total. The zero-order valence-electron chi connectivity index (χ0n) is 15.9. The molecule has 0 N–H and O–H groups in total. The summed E-state index contributed by atoms with van der Waals surface area (Å²) in [5, 5.41) is 0.353. The number of methoxy groups -OCH3 is 1. The van der Waals surface area contributed by atoms with E-state index >= 15 is 0 Å². The summed E-state index contributed by atoms with van der Waals surface area (Å²) in [6, 6.07) is 11.4. The largest absolute Gasteiger partial charge is 0.493 e. The first-order chi connectivity index (χ1) is 14.1. The van der Waals surface area contributed by atoms with Crippen LogP contribution in [0.2, 0.25) is 0 Å². The molecule has 0 aliphatic carbocycles. The second kappa shape index (κ2) is 8.57. The molecule has 0 bridgehead atoms. The molecule has 0 unspecified atom stereocenters. The van der Waals surface area contributed by atoms with Crippen molar-refractivity contribution in [3.63, 3.8) is 0 Å². The van der Waals surface area contributed by atoms with Crippen molar-refractivity contribution in [3.05, 3.63) is 65.2 Å². The van der Waals surface area contributed by atoms with Gasteiger partial charge in [0.1, 0.15) is 5.82 Å². The fourth-order valence-corrected chi connectivity index (χ4v) is 3.78. The van der Waals surface area contributed by atoms with E-state index in [2.05, 4.69) is 9.36 Å². The Labute approximate surface area is 172 Å². The quantitative estimate of drug-likeness (QED) is 0.603. The van der Waals surface area contributed by atoms with Crippen LogP contribution in [-0.4, -0.2) is 40.4 Å². The van der Waals surface area contributed by atoms with Crippen LogP contribution in [0.3, 0.4) is 0 Å². The minimum absolute atomic E-state index is 0.00994. The molecule has 1 amide bonds. The second-order valence-electron chi connectivity index (χ2n) is 6.75. The van der Waals surface area contributed by atoms with E-state index in [1.54, 1.807) is 37.4 Å². The number of carbonyl (C=O) groups is 1. The molecule has 2 heterocycles. The zero-order chi connectivity index (χ0) is 20.2. The molecule has 3 aromatic rings. The maximum atomic E-state index is 13.0. The van der Waals surface area contributed by atoms with Crippen molar-refractivity contribution >= 4 is 17.4 Å². The molecule has 0 saturated carbocycles. The van der Waals surface area contributed by atoms with Gasteiger partial charge < -0.3 is 14.4 Å². The lowest BCUT2D eigenvalue weighted by atomic mass is 10.1. The van der Waals surface area contributed by atoms with Gasteiger partial charge in [0.2, 0.25) is 0 Å². The van der Waals surface area contributed by atoms with Gasteiger partial charge in [0.05, 0.1) is 7.11 Å². The van der Waals surface area contributed by atoms with Crippen molar-refractivity contribution in [2.75, 3.05) is 20.2 Å². The third-order valence-corrected chi connectivity index (χ3v) is 5.36. The number of carbonyl (C=O) groups excluding carboxylic acids is 1. The van der Waals surface area contributed by atoms with E-state index in [1.807, 2.05) is 4.90 Å². The minimum atomic E-state index is -0.278. The summed E-state index contributed by atoms with van der Waals surface area (Å²) in [5.74, 6) is 1.23. The summed E-state index contributed by atoms with van der Waals surface area (Å²) in [6.45, 7) is 1.56. The molecule has 0 atom stereocenters. The molecule has 1 aromatic heterocycles. The van der Waals surface area contributed by atoms with Gasteiger partial charge in [-0.25, -0.2) is 4.39 Å². The molecule has 0 radical (unpaired) electrons. The number of benzene rings is 2. The van der Waals surface area contributed by atoms with Crippen LogP contribution in [0.4, 0.5) is 4.39 Å². The van der Waals surface area contributed by atoms with Gasteiger partial charge >= 0.3 is 0 Å². The maximum absolute atomic E-state index is 13.0. The Morgan fingerprint density at radius 2 is 1.90 bits per heavy atom. The Morgan fingerprint density at radius 3 is 2.62 bits per heavy atom. The Kier molecular flexibility index (Phi) is 5.71. The van der Waals surface area contributed by atoms with E-state index in [0.29, 0.717) is 34.5 Å². The highest BCUT2D eigenvalue weighted by atomic mass is 32.1. The highest BCUT2D eigenvalue weighted by Crippen LogP contribution is 2.34. The topological polar surface area (TPSA) is 64.5 Å². The van der Waals surface area contributed by atoms with Crippen molar-refractivity contribution in [3.8, 4) is 16.7 Å². The molecular weight excluding hydrogens is 393 g/mol. The third-order valence-electron chi connectivity index (χ3n) is 4.73. The highest BCUT2D eigenvalue weighted by molar-refractivity contribution is 7.07. The van der Waals surface area contributed by atoms with Crippen molar-refractivity contribution in [2.24, 2.45) is 0 Å². The molecule has 1 aliphatic heterocycles. The smallest absolute Gasteiger partial charge is 0.298 e. The average Bonchev–Trinajstić information content (AvgIpc) is 3.42. The van der Waals surface area contributed by atoms with Gasteiger partial charge in [-0.15, -0.1) is 0 Å². The van der Waals surface area contributed by atoms with Crippen LogP contribution < -0.4 is 9.47 Å². The van der Waals surface area contributed by atoms with Gasteiger partial charge in [0, 0.05) is 36.6 Å². The van der Waals surface area contributed by atoms with Gasteiger partial charge in [0.25, 0.3) is 11.1 Å². The Hall–Kier alpha value is -3.00. The minimum Gasteiger partial charge on any atom is -0.493 e. The summed E-state index contributed by atoms with van der Waals surface area (Å²) < 4.78 is 28.6. The van der Waals surface area contributed by atoms with Gasteiger partial charge in [-0.2, -0.15) is 9.36 Å². The number of aromatic nitrogens is 2. The highest BCUT2D eigenvalue weighted by Gasteiger charge is 2.21. The number of hydrogen-bond donors (Lipinski definition) is 0. The van der Waals surface area contributed by atoms with Crippen LogP contribution in [0.5, 0.6) is 16.7 Å². The van der Waals surface area contributed by atoms with Gasteiger partial charge in [0.15, 0.2) is 17.3 Å². The van der Waals surface area contributed by atoms with Crippen LogP contribution in [0.25, 0.3) is 0 Å². The Bertz CT molecular complexity index is 1000. The molecule has 4 rings (SSSR count). The number of hydrogen-bond acceptors (Lipinski definition) is 6. The Balaban J connectivity index is 1.50. The Morgan fingerprint density at radius 1 is 1.14 bits per heavy atom. The van der Waals surface area contributed by atoms with Gasteiger partial charge in [-0.3, -0.25) is 4.79 Å². The molecule has 1 fully saturated rings. The van der Waals surface area contributed by atoms with Crippen molar-refractivity contribution in [2.45, 2.75) is 19.3 Å². The molecule has 1 aliphatic rings. The molecule has 0 spiro atoms. The normalized spacial score (nSPS) is 13.5. The SMILES string of the molecule is COc1ccc(C(=O)N2CCCC2)cc1Oc1nc(Cc2ccc(F)cc2)ns1. The maximum Gasteiger partial charge on any atom is 0.298 e. The van der Waals surface area contributed by atoms with E-state index in [-0.39, 0.29) is 11.7 Å². The number of nitrogens with zero attached hydrogens (tertiary/aromatic N) is 3. The van der Waals surface area contributed by atoms with E-state index in [4.69, 9.17) is 9.47 Å². The number of ether oxygens (including phenoxy) is 2. The van der Waals surface area contributed by atoms with E-state index in [0.717, 1.165) is 43.0 Å². The number of amides is 1. The van der Waals surface area contributed by atoms with Gasteiger partial charge in [-0.1, -0.05) is 12.1 Å². The van der Waals surface area contributed by atoms with Crippen molar-refractivity contribution < 1.29 is 18.7 Å².